The summed E-state index contributed by atoms with van der Waals surface area (Å²) >= 11 is 1.40. The number of hydrogen-bond donors (Lipinski definition) is 1. The highest BCUT2D eigenvalue weighted by Gasteiger charge is 2.24. The standard InChI is InChI=1S/C16H22N4O2S/c1-4-19(5-2)8-9-20(15(22)14(17)21)16-18-12-7-6-11(3)10-13(12)23-16/h6-7,10H,4-5,8-9H2,1-3H3,(H2,17,21). The molecule has 0 aliphatic heterocycles. The van der Waals surface area contributed by atoms with Gasteiger partial charge in [0.2, 0.25) is 0 Å². The lowest BCUT2D eigenvalue weighted by molar-refractivity contribution is -0.135. The van der Waals surface area contributed by atoms with Crippen LogP contribution in [-0.4, -0.2) is 47.9 Å². The predicted octanol–water partition coefficient (Wildman–Crippen LogP) is 1.76. The molecule has 0 unspecified atom stereocenters. The molecule has 0 fully saturated rings. The summed E-state index contributed by atoms with van der Waals surface area (Å²) in [6.07, 6.45) is 0. The Balaban J connectivity index is 2.30. The zero-order valence-electron chi connectivity index (χ0n) is 13.7. The summed E-state index contributed by atoms with van der Waals surface area (Å²) in [5.74, 6) is -1.67. The van der Waals surface area contributed by atoms with Crippen LogP contribution in [0, 0.1) is 6.92 Å². The Labute approximate surface area is 139 Å². The van der Waals surface area contributed by atoms with Gasteiger partial charge in [0.15, 0.2) is 5.13 Å². The van der Waals surface area contributed by atoms with E-state index in [1.54, 1.807) is 0 Å². The lowest BCUT2D eigenvalue weighted by Crippen LogP contribution is -2.44. The molecule has 0 aliphatic rings. The summed E-state index contributed by atoms with van der Waals surface area (Å²) in [5, 5.41) is 0.515. The maximum Gasteiger partial charge on any atom is 0.317 e. The number of nitrogens with two attached hydrogens (primary N) is 1. The SMILES string of the molecule is CCN(CC)CCN(C(=O)C(N)=O)c1nc2ccc(C)cc2s1. The minimum Gasteiger partial charge on any atom is -0.361 e. The van der Waals surface area contributed by atoms with Gasteiger partial charge in [-0.05, 0) is 37.7 Å². The maximum absolute atomic E-state index is 12.2. The first kappa shape index (κ1) is 17.4. The highest BCUT2D eigenvalue weighted by atomic mass is 32.1. The third-order valence-corrected chi connectivity index (χ3v) is 4.79. The summed E-state index contributed by atoms with van der Waals surface area (Å²) in [6, 6.07) is 5.91. The van der Waals surface area contributed by atoms with Crippen molar-refractivity contribution in [2.45, 2.75) is 20.8 Å². The molecule has 0 aliphatic carbocycles. The Morgan fingerprint density at radius 2 is 1.91 bits per heavy atom. The molecule has 7 heteroatoms. The van der Waals surface area contributed by atoms with E-state index in [9.17, 15) is 9.59 Å². The van der Waals surface area contributed by atoms with Crippen molar-refractivity contribution in [3.63, 3.8) is 0 Å². The van der Waals surface area contributed by atoms with E-state index in [-0.39, 0.29) is 0 Å². The zero-order valence-corrected chi connectivity index (χ0v) is 14.5. The first-order valence-electron chi connectivity index (χ1n) is 7.67. The Morgan fingerprint density at radius 3 is 2.52 bits per heavy atom. The Kier molecular flexibility index (Phi) is 5.68. The van der Waals surface area contributed by atoms with Crippen LogP contribution in [0.2, 0.25) is 0 Å². The highest BCUT2D eigenvalue weighted by Crippen LogP contribution is 2.29. The summed E-state index contributed by atoms with van der Waals surface area (Å²) in [7, 11) is 0. The number of aryl methyl sites for hydroxylation is 1. The molecule has 1 aromatic carbocycles. The first-order chi connectivity index (χ1) is 11.0. The van der Waals surface area contributed by atoms with Crippen LogP contribution in [0.4, 0.5) is 5.13 Å². The van der Waals surface area contributed by atoms with E-state index in [0.29, 0.717) is 18.2 Å². The molecule has 0 spiro atoms. The van der Waals surface area contributed by atoms with Crippen molar-refractivity contribution < 1.29 is 9.59 Å². The normalized spacial score (nSPS) is 11.1. The summed E-state index contributed by atoms with van der Waals surface area (Å²) in [6.45, 7) is 8.95. The first-order valence-corrected chi connectivity index (χ1v) is 8.48. The number of anilines is 1. The fourth-order valence-corrected chi connectivity index (χ4v) is 3.42. The molecule has 23 heavy (non-hydrogen) atoms. The van der Waals surface area contributed by atoms with E-state index in [0.717, 1.165) is 28.9 Å². The minimum atomic E-state index is -0.958. The van der Waals surface area contributed by atoms with E-state index >= 15 is 0 Å². The topological polar surface area (TPSA) is 79.5 Å². The minimum absolute atomic E-state index is 0.391. The lowest BCUT2D eigenvalue weighted by Gasteiger charge is -2.23. The van der Waals surface area contributed by atoms with Crippen LogP contribution in [0.1, 0.15) is 19.4 Å². The molecular formula is C16H22N4O2S. The van der Waals surface area contributed by atoms with Gasteiger partial charge in [-0.15, -0.1) is 0 Å². The Morgan fingerprint density at radius 1 is 1.22 bits per heavy atom. The second-order valence-corrected chi connectivity index (χ2v) is 6.32. The molecule has 2 amide bonds. The number of hydrogen-bond acceptors (Lipinski definition) is 5. The van der Waals surface area contributed by atoms with Crippen molar-refractivity contribution in [1.82, 2.24) is 9.88 Å². The van der Waals surface area contributed by atoms with Crippen LogP contribution >= 0.6 is 11.3 Å². The van der Waals surface area contributed by atoms with Crippen LogP contribution < -0.4 is 10.6 Å². The third kappa shape index (κ3) is 4.05. The van der Waals surface area contributed by atoms with Gasteiger partial charge in [-0.1, -0.05) is 31.3 Å². The molecule has 2 N–H and O–H groups in total. The molecule has 6 nitrogen and oxygen atoms in total. The van der Waals surface area contributed by atoms with Gasteiger partial charge >= 0.3 is 11.8 Å². The lowest BCUT2D eigenvalue weighted by atomic mass is 10.2. The molecule has 0 saturated heterocycles. The number of thiazole rings is 1. The number of nitrogens with zero attached hydrogens (tertiary/aromatic N) is 3. The Bertz CT molecular complexity index is 709. The monoisotopic (exact) mass is 334 g/mol. The average Bonchev–Trinajstić information content (AvgIpc) is 2.93. The average molecular weight is 334 g/mol. The number of aromatic nitrogens is 1. The number of carbonyl (C=O) groups is 2. The van der Waals surface area contributed by atoms with Crippen LogP contribution in [0.25, 0.3) is 10.2 Å². The van der Waals surface area contributed by atoms with Crippen LogP contribution in [0.15, 0.2) is 18.2 Å². The smallest absolute Gasteiger partial charge is 0.317 e. The number of amides is 2. The van der Waals surface area contributed by atoms with E-state index in [1.165, 1.54) is 16.2 Å². The van der Waals surface area contributed by atoms with Gasteiger partial charge in [0.25, 0.3) is 0 Å². The molecule has 2 aromatic rings. The van der Waals surface area contributed by atoms with Crippen molar-refractivity contribution >= 4 is 38.5 Å². The number of carbonyl (C=O) groups excluding carboxylic acids is 2. The highest BCUT2D eigenvalue weighted by molar-refractivity contribution is 7.22. The largest absolute Gasteiger partial charge is 0.361 e. The summed E-state index contributed by atoms with van der Waals surface area (Å²) in [5.41, 5.74) is 7.15. The summed E-state index contributed by atoms with van der Waals surface area (Å²) in [4.78, 5) is 31.6. The molecule has 1 heterocycles. The number of fused-ring (bicyclic) bond motifs is 1. The van der Waals surface area contributed by atoms with E-state index in [1.807, 2.05) is 25.1 Å². The van der Waals surface area contributed by atoms with Gasteiger partial charge in [0.05, 0.1) is 10.2 Å². The van der Waals surface area contributed by atoms with E-state index in [2.05, 4.69) is 23.7 Å². The van der Waals surface area contributed by atoms with E-state index < -0.39 is 11.8 Å². The molecule has 0 bridgehead atoms. The molecule has 124 valence electrons. The molecule has 0 saturated carbocycles. The third-order valence-electron chi connectivity index (χ3n) is 3.75. The predicted molar refractivity (Wildman–Crippen MR) is 93.7 cm³/mol. The van der Waals surface area contributed by atoms with Gasteiger partial charge in [-0.25, -0.2) is 4.98 Å². The van der Waals surface area contributed by atoms with Crippen molar-refractivity contribution in [1.29, 1.82) is 0 Å². The van der Waals surface area contributed by atoms with Gasteiger partial charge in [0, 0.05) is 13.1 Å². The van der Waals surface area contributed by atoms with Crippen molar-refractivity contribution in [3.05, 3.63) is 23.8 Å². The fraction of sp³-hybridized carbons (Fsp3) is 0.438. The quantitative estimate of drug-likeness (QED) is 0.817. The van der Waals surface area contributed by atoms with Crippen LogP contribution in [0.5, 0.6) is 0 Å². The van der Waals surface area contributed by atoms with Gasteiger partial charge in [-0.3, -0.25) is 14.5 Å². The van der Waals surface area contributed by atoms with Crippen molar-refractivity contribution in [3.8, 4) is 0 Å². The second kappa shape index (κ2) is 7.52. The van der Waals surface area contributed by atoms with Gasteiger partial charge in [0.1, 0.15) is 0 Å². The van der Waals surface area contributed by atoms with Crippen molar-refractivity contribution in [2.75, 3.05) is 31.1 Å². The van der Waals surface area contributed by atoms with Gasteiger partial charge < -0.3 is 10.6 Å². The van der Waals surface area contributed by atoms with Crippen LogP contribution in [-0.2, 0) is 9.59 Å². The summed E-state index contributed by atoms with van der Waals surface area (Å²) < 4.78 is 0.991. The number of rotatable bonds is 6. The molecule has 1 aromatic heterocycles. The van der Waals surface area contributed by atoms with Crippen LogP contribution in [0.3, 0.4) is 0 Å². The number of likely N-dealkylation sites (N-methyl/N-ethyl adjacent to an activating group) is 1. The molecular weight excluding hydrogens is 312 g/mol. The zero-order chi connectivity index (χ0) is 17.0. The molecule has 0 atom stereocenters. The molecule has 0 radical (unpaired) electrons. The van der Waals surface area contributed by atoms with Crippen molar-refractivity contribution in [2.24, 2.45) is 5.73 Å². The number of benzene rings is 1. The molecule has 2 rings (SSSR count). The second-order valence-electron chi connectivity index (χ2n) is 5.32. The number of primary amides is 1. The Hall–Kier alpha value is -1.99. The fourth-order valence-electron chi connectivity index (χ4n) is 2.33. The maximum atomic E-state index is 12.2. The van der Waals surface area contributed by atoms with E-state index in [4.69, 9.17) is 5.73 Å². The van der Waals surface area contributed by atoms with Gasteiger partial charge in [-0.2, -0.15) is 0 Å².